The second-order valence-corrected chi connectivity index (χ2v) is 5.29. The molecule has 2 aromatic rings. The fourth-order valence-electron chi connectivity index (χ4n) is 2.67. The number of aromatic nitrogens is 2. The highest BCUT2D eigenvalue weighted by molar-refractivity contribution is 5.33. The van der Waals surface area contributed by atoms with Crippen LogP contribution in [0.3, 0.4) is 0 Å². The lowest BCUT2D eigenvalue weighted by atomic mass is 10.0. The zero-order valence-electron chi connectivity index (χ0n) is 11.8. The van der Waals surface area contributed by atoms with Gasteiger partial charge >= 0.3 is 0 Å². The predicted octanol–water partition coefficient (Wildman–Crippen LogP) is 2.69. The normalized spacial score (nSPS) is 17.9. The van der Waals surface area contributed by atoms with Gasteiger partial charge in [-0.25, -0.2) is 4.68 Å². The van der Waals surface area contributed by atoms with E-state index in [2.05, 4.69) is 5.10 Å². The van der Waals surface area contributed by atoms with E-state index in [1.165, 1.54) is 12.8 Å². The lowest BCUT2D eigenvalue weighted by molar-refractivity contribution is 0.0268. The summed E-state index contributed by atoms with van der Waals surface area (Å²) < 4.78 is 7.79. The molecule has 1 fully saturated rings. The molecule has 3 rings (SSSR count). The van der Waals surface area contributed by atoms with Crippen LogP contribution in [0.4, 0.5) is 0 Å². The van der Waals surface area contributed by atoms with Gasteiger partial charge in [0.25, 0.3) is 0 Å². The molecule has 1 heterocycles. The molecule has 0 radical (unpaired) electrons. The van der Waals surface area contributed by atoms with Gasteiger partial charge in [0.1, 0.15) is 0 Å². The highest BCUT2D eigenvalue weighted by Crippen LogP contribution is 2.39. The first-order chi connectivity index (χ1) is 9.81. The van der Waals surface area contributed by atoms with Crippen LogP contribution in [0.5, 0.6) is 0 Å². The summed E-state index contributed by atoms with van der Waals surface area (Å²) in [6.45, 7) is 2.73. The van der Waals surface area contributed by atoms with E-state index in [0.717, 1.165) is 11.4 Å². The van der Waals surface area contributed by atoms with E-state index >= 15 is 0 Å². The van der Waals surface area contributed by atoms with Crippen molar-refractivity contribution in [2.75, 3.05) is 6.61 Å². The molecule has 4 heteroatoms. The van der Waals surface area contributed by atoms with E-state index in [1.807, 2.05) is 48.0 Å². The Hall–Kier alpha value is -1.65. The average molecular weight is 271 g/mol. The minimum Gasteiger partial charge on any atom is -0.376 e. The van der Waals surface area contributed by atoms with E-state index in [1.54, 1.807) is 6.20 Å². The standard InChI is InChI=1S/C16H21N3O/c1-2-20-16(12-8-9-12)15(17)14-10-11-18-19(14)13-6-4-3-5-7-13/h3-7,10-12,15-16H,2,8-9,17H2,1H3. The van der Waals surface area contributed by atoms with Crippen LogP contribution in [-0.2, 0) is 4.74 Å². The number of hydrogen-bond acceptors (Lipinski definition) is 3. The Kier molecular flexibility index (Phi) is 3.85. The fraction of sp³-hybridized carbons (Fsp3) is 0.438. The Morgan fingerprint density at radius 1 is 1.30 bits per heavy atom. The number of hydrogen-bond donors (Lipinski definition) is 1. The molecule has 0 spiro atoms. The molecule has 1 aromatic heterocycles. The molecule has 0 amide bonds. The lowest BCUT2D eigenvalue weighted by Gasteiger charge is -2.24. The highest BCUT2D eigenvalue weighted by Gasteiger charge is 2.37. The van der Waals surface area contributed by atoms with E-state index in [9.17, 15) is 0 Å². The number of nitrogens with zero attached hydrogens (tertiary/aromatic N) is 2. The van der Waals surface area contributed by atoms with Crippen LogP contribution in [0, 0.1) is 5.92 Å². The summed E-state index contributed by atoms with van der Waals surface area (Å²) in [6.07, 6.45) is 4.34. The van der Waals surface area contributed by atoms with Gasteiger partial charge in [-0.3, -0.25) is 0 Å². The average Bonchev–Trinajstić information content (AvgIpc) is 3.20. The molecule has 1 saturated carbocycles. The van der Waals surface area contributed by atoms with Crippen molar-refractivity contribution in [2.45, 2.75) is 31.9 Å². The van der Waals surface area contributed by atoms with Crippen LogP contribution >= 0.6 is 0 Å². The summed E-state index contributed by atoms with van der Waals surface area (Å²) in [5.74, 6) is 0.601. The molecule has 2 atom stereocenters. The minimum atomic E-state index is -0.134. The number of rotatable bonds is 6. The first-order valence-corrected chi connectivity index (χ1v) is 7.27. The van der Waals surface area contributed by atoms with Gasteiger partial charge in [0, 0.05) is 12.8 Å². The zero-order chi connectivity index (χ0) is 13.9. The quantitative estimate of drug-likeness (QED) is 0.879. The third-order valence-electron chi connectivity index (χ3n) is 3.81. The third-order valence-corrected chi connectivity index (χ3v) is 3.81. The molecule has 106 valence electrons. The van der Waals surface area contributed by atoms with Gasteiger partial charge in [-0.2, -0.15) is 5.10 Å². The van der Waals surface area contributed by atoms with Crippen molar-refractivity contribution in [3.63, 3.8) is 0 Å². The molecule has 20 heavy (non-hydrogen) atoms. The smallest absolute Gasteiger partial charge is 0.0810 e. The summed E-state index contributed by atoms with van der Waals surface area (Å²) >= 11 is 0. The van der Waals surface area contributed by atoms with Gasteiger partial charge in [0.05, 0.1) is 23.5 Å². The van der Waals surface area contributed by atoms with Crippen molar-refractivity contribution in [1.82, 2.24) is 9.78 Å². The molecule has 1 aliphatic carbocycles. The summed E-state index contributed by atoms with van der Waals surface area (Å²) in [4.78, 5) is 0. The lowest BCUT2D eigenvalue weighted by Crippen LogP contribution is -2.32. The van der Waals surface area contributed by atoms with Crippen LogP contribution in [-0.4, -0.2) is 22.5 Å². The second kappa shape index (κ2) is 5.77. The zero-order valence-corrected chi connectivity index (χ0v) is 11.8. The summed E-state index contributed by atoms with van der Waals surface area (Å²) in [6, 6.07) is 11.9. The van der Waals surface area contributed by atoms with Crippen molar-refractivity contribution >= 4 is 0 Å². The Balaban J connectivity index is 1.88. The van der Waals surface area contributed by atoms with Gasteiger partial charge in [-0.15, -0.1) is 0 Å². The van der Waals surface area contributed by atoms with Crippen molar-refractivity contribution in [2.24, 2.45) is 11.7 Å². The monoisotopic (exact) mass is 271 g/mol. The van der Waals surface area contributed by atoms with Gasteiger partial charge in [0.15, 0.2) is 0 Å². The van der Waals surface area contributed by atoms with Crippen molar-refractivity contribution in [1.29, 1.82) is 0 Å². The Morgan fingerprint density at radius 3 is 2.70 bits per heavy atom. The van der Waals surface area contributed by atoms with Crippen LogP contribution in [0.15, 0.2) is 42.6 Å². The Bertz CT molecular complexity index is 548. The molecular weight excluding hydrogens is 250 g/mol. The van der Waals surface area contributed by atoms with E-state index < -0.39 is 0 Å². The summed E-state index contributed by atoms with van der Waals surface area (Å²) in [5.41, 5.74) is 8.51. The van der Waals surface area contributed by atoms with Gasteiger partial charge in [0.2, 0.25) is 0 Å². The first kappa shape index (κ1) is 13.3. The molecule has 1 aromatic carbocycles. The number of ether oxygens (including phenoxy) is 1. The molecule has 2 N–H and O–H groups in total. The minimum absolute atomic E-state index is 0.0964. The molecule has 0 bridgehead atoms. The largest absolute Gasteiger partial charge is 0.376 e. The maximum Gasteiger partial charge on any atom is 0.0810 e. The maximum atomic E-state index is 6.46. The Labute approximate surface area is 119 Å². The fourth-order valence-corrected chi connectivity index (χ4v) is 2.67. The molecule has 4 nitrogen and oxygen atoms in total. The molecule has 0 aliphatic heterocycles. The van der Waals surface area contributed by atoms with Crippen LogP contribution in [0.2, 0.25) is 0 Å². The molecule has 1 aliphatic rings. The second-order valence-electron chi connectivity index (χ2n) is 5.29. The predicted molar refractivity (Wildman–Crippen MR) is 78.6 cm³/mol. The van der Waals surface area contributed by atoms with Crippen molar-refractivity contribution in [3.05, 3.63) is 48.3 Å². The first-order valence-electron chi connectivity index (χ1n) is 7.27. The molecule has 2 unspecified atom stereocenters. The SMILES string of the molecule is CCOC(C1CC1)C(N)c1ccnn1-c1ccccc1. The van der Waals surface area contributed by atoms with Gasteiger partial charge in [-0.1, -0.05) is 18.2 Å². The van der Waals surface area contributed by atoms with Crippen molar-refractivity contribution < 1.29 is 4.74 Å². The van der Waals surface area contributed by atoms with E-state index in [-0.39, 0.29) is 12.1 Å². The summed E-state index contributed by atoms with van der Waals surface area (Å²) in [7, 11) is 0. The number of benzene rings is 1. The number of para-hydroxylation sites is 1. The van der Waals surface area contributed by atoms with Crippen LogP contribution in [0.1, 0.15) is 31.5 Å². The third kappa shape index (κ3) is 2.62. The van der Waals surface area contributed by atoms with E-state index in [4.69, 9.17) is 10.5 Å². The highest BCUT2D eigenvalue weighted by atomic mass is 16.5. The topological polar surface area (TPSA) is 53.1 Å². The van der Waals surface area contributed by atoms with Crippen molar-refractivity contribution in [3.8, 4) is 5.69 Å². The Morgan fingerprint density at radius 2 is 2.05 bits per heavy atom. The summed E-state index contributed by atoms with van der Waals surface area (Å²) in [5, 5.41) is 4.41. The van der Waals surface area contributed by atoms with Crippen LogP contribution < -0.4 is 5.73 Å². The molecule has 0 saturated heterocycles. The maximum absolute atomic E-state index is 6.46. The number of nitrogens with two attached hydrogens (primary N) is 1. The molecular formula is C16H21N3O. The van der Waals surface area contributed by atoms with E-state index in [0.29, 0.717) is 12.5 Å². The van der Waals surface area contributed by atoms with Gasteiger partial charge in [-0.05, 0) is 43.9 Å². The van der Waals surface area contributed by atoms with Gasteiger partial charge < -0.3 is 10.5 Å². The van der Waals surface area contributed by atoms with Crippen LogP contribution in [0.25, 0.3) is 5.69 Å².